The summed E-state index contributed by atoms with van der Waals surface area (Å²) < 4.78 is 6.60. The first kappa shape index (κ1) is 11.8. The molecule has 0 aliphatic carbocycles. The number of rotatable bonds is 3. The van der Waals surface area contributed by atoms with Gasteiger partial charge in [-0.3, -0.25) is 0 Å². The first-order chi connectivity index (χ1) is 7.98. The lowest BCUT2D eigenvalue weighted by atomic mass is 9.96. The average Bonchev–Trinajstić information content (AvgIpc) is 2.82. The maximum absolute atomic E-state index is 11.3. The normalized spacial score (nSPS) is 16.4. The van der Waals surface area contributed by atoms with Crippen LogP contribution in [0.5, 0.6) is 0 Å². The van der Waals surface area contributed by atoms with Crippen molar-refractivity contribution in [2.24, 2.45) is 0 Å². The largest absolute Gasteiger partial charge is 0.448 e. The lowest BCUT2D eigenvalue weighted by Crippen LogP contribution is -2.30. The SMILES string of the molecule is CC(C)(C)c1nnnn1CCN1CCOC1=O. The van der Waals surface area contributed by atoms with Gasteiger partial charge in [0, 0.05) is 12.0 Å². The van der Waals surface area contributed by atoms with Crippen LogP contribution < -0.4 is 0 Å². The topological polar surface area (TPSA) is 73.1 Å². The molecule has 2 heterocycles. The molecule has 94 valence electrons. The van der Waals surface area contributed by atoms with E-state index >= 15 is 0 Å². The van der Waals surface area contributed by atoms with E-state index in [1.807, 2.05) is 0 Å². The second-order valence-electron chi connectivity index (χ2n) is 5.08. The van der Waals surface area contributed by atoms with Crippen LogP contribution in [-0.2, 0) is 16.7 Å². The first-order valence-electron chi connectivity index (χ1n) is 5.67. The summed E-state index contributed by atoms with van der Waals surface area (Å²) in [5.41, 5.74) is -0.102. The minimum atomic E-state index is -0.254. The molecule has 1 saturated heterocycles. The van der Waals surface area contributed by atoms with Gasteiger partial charge in [0.2, 0.25) is 0 Å². The molecule has 1 aliphatic rings. The van der Waals surface area contributed by atoms with Crippen molar-refractivity contribution in [3.05, 3.63) is 5.82 Å². The first-order valence-corrected chi connectivity index (χ1v) is 5.67. The quantitative estimate of drug-likeness (QED) is 0.764. The van der Waals surface area contributed by atoms with E-state index in [0.717, 1.165) is 5.82 Å². The molecule has 0 spiro atoms. The Kier molecular flexibility index (Phi) is 2.99. The van der Waals surface area contributed by atoms with Crippen LogP contribution in [-0.4, -0.2) is 50.9 Å². The lowest BCUT2D eigenvalue weighted by Gasteiger charge is -2.18. The summed E-state index contributed by atoms with van der Waals surface area (Å²) in [6, 6.07) is 0. The molecule has 0 radical (unpaired) electrons. The number of nitrogens with zero attached hydrogens (tertiary/aromatic N) is 5. The van der Waals surface area contributed by atoms with Crippen LogP contribution in [0.1, 0.15) is 26.6 Å². The number of aromatic nitrogens is 4. The Morgan fingerprint density at radius 1 is 1.35 bits per heavy atom. The molecule has 1 amide bonds. The second kappa shape index (κ2) is 4.31. The van der Waals surface area contributed by atoms with Crippen LogP contribution in [0.15, 0.2) is 0 Å². The zero-order valence-electron chi connectivity index (χ0n) is 10.4. The third-order valence-electron chi connectivity index (χ3n) is 2.63. The lowest BCUT2D eigenvalue weighted by molar-refractivity contribution is 0.157. The van der Waals surface area contributed by atoms with Crippen LogP contribution >= 0.6 is 0 Å². The maximum Gasteiger partial charge on any atom is 0.410 e. The molecule has 2 rings (SSSR count). The molecule has 1 aromatic heterocycles. The molecule has 7 heteroatoms. The maximum atomic E-state index is 11.3. The predicted molar refractivity (Wildman–Crippen MR) is 59.4 cm³/mol. The molecule has 7 nitrogen and oxygen atoms in total. The fourth-order valence-corrected chi connectivity index (χ4v) is 1.74. The molecule has 1 fully saturated rings. The van der Waals surface area contributed by atoms with Gasteiger partial charge < -0.3 is 9.64 Å². The molecular weight excluding hydrogens is 222 g/mol. The van der Waals surface area contributed by atoms with Crippen LogP contribution in [0.4, 0.5) is 4.79 Å². The molecule has 1 aliphatic heterocycles. The minimum absolute atomic E-state index is 0.102. The number of cyclic esters (lactones) is 1. The third kappa shape index (κ3) is 2.54. The van der Waals surface area contributed by atoms with Crippen molar-refractivity contribution >= 4 is 6.09 Å². The Bertz CT molecular complexity index is 409. The van der Waals surface area contributed by atoms with E-state index in [9.17, 15) is 4.79 Å². The van der Waals surface area contributed by atoms with E-state index in [-0.39, 0.29) is 11.5 Å². The number of amides is 1. The van der Waals surface area contributed by atoms with E-state index in [2.05, 4.69) is 36.3 Å². The van der Waals surface area contributed by atoms with Gasteiger partial charge in [-0.05, 0) is 10.4 Å². The molecule has 0 bridgehead atoms. The summed E-state index contributed by atoms with van der Waals surface area (Å²) in [5, 5.41) is 11.6. The number of carbonyl (C=O) groups excluding carboxylic acids is 1. The van der Waals surface area contributed by atoms with Gasteiger partial charge in [-0.1, -0.05) is 20.8 Å². The van der Waals surface area contributed by atoms with Crippen molar-refractivity contribution in [3.8, 4) is 0 Å². The highest BCUT2D eigenvalue weighted by Gasteiger charge is 2.24. The van der Waals surface area contributed by atoms with Gasteiger partial charge in [0.1, 0.15) is 6.61 Å². The standard InChI is InChI=1S/C10H17N5O2/c1-10(2,3)8-11-12-13-15(8)5-4-14-6-7-17-9(14)16/h4-7H2,1-3H3. The number of ether oxygens (including phenoxy) is 1. The van der Waals surface area contributed by atoms with Crippen molar-refractivity contribution in [2.75, 3.05) is 19.7 Å². The summed E-state index contributed by atoms with van der Waals surface area (Å²) in [5.74, 6) is 0.824. The highest BCUT2D eigenvalue weighted by Crippen LogP contribution is 2.18. The zero-order chi connectivity index (χ0) is 12.5. The fraction of sp³-hybridized carbons (Fsp3) is 0.800. The number of carbonyl (C=O) groups is 1. The van der Waals surface area contributed by atoms with E-state index in [1.54, 1.807) is 9.58 Å². The molecule has 0 N–H and O–H groups in total. The van der Waals surface area contributed by atoms with E-state index in [4.69, 9.17) is 4.74 Å². The van der Waals surface area contributed by atoms with Crippen molar-refractivity contribution in [2.45, 2.75) is 32.7 Å². The van der Waals surface area contributed by atoms with Gasteiger partial charge in [0.05, 0.1) is 13.1 Å². The minimum Gasteiger partial charge on any atom is -0.448 e. The molecule has 0 aromatic carbocycles. The van der Waals surface area contributed by atoms with Crippen molar-refractivity contribution in [3.63, 3.8) is 0 Å². The highest BCUT2D eigenvalue weighted by atomic mass is 16.6. The van der Waals surface area contributed by atoms with E-state index in [1.165, 1.54) is 0 Å². The van der Waals surface area contributed by atoms with Gasteiger partial charge in [-0.25, -0.2) is 9.48 Å². The second-order valence-corrected chi connectivity index (χ2v) is 5.08. The van der Waals surface area contributed by atoms with Crippen LogP contribution in [0.2, 0.25) is 0 Å². The highest BCUT2D eigenvalue weighted by molar-refractivity contribution is 5.69. The Hall–Kier alpha value is -1.66. The summed E-state index contributed by atoms with van der Waals surface area (Å²) in [6.45, 7) is 8.45. The number of tetrazole rings is 1. The molecule has 0 atom stereocenters. The van der Waals surface area contributed by atoms with Gasteiger partial charge >= 0.3 is 6.09 Å². The monoisotopic (exact) mass is 239 g/mol. The van der Waals surface area contributed by atoms with Gasteiger partial charge in [0.15, 0.2) is 5.82 Å². The summed E-state index contributed by atoms with van der Waals surface area (Å²) >= 11 is 0. The van der Waals surface area contributed by atoms with Crippen LogP contribution in [0.3, 0.4) is 0 Å². The molecule has 0 unspecified atom stereocenters. The fourth-order valence-electron chi connectivity index (χ4n) is 1.74. The average molecular weight is 239 g/mol. The third-order valence-corrected chi connectivity index (χ3v) is 2.63. The van der Waals surface area contributed by atoms with Crippen molar-refractivity contribution < 1.29 is 9.53 Å². The van der Waals surface area contributed by atoms with Gasteiger partial charge in [-0.15, -0.1) is 5.10 Å². The molecule has 0 saturated carbocycles. The van der Waals surface area contributed by atoms with E-state index < -0.39 is 0 Å². The zero-order valence-corrected chi connectivity index (χ0v) is 10.4. The van der Waals surface area contributed by atoms with Gasteiger partial charge in [0.25, 0.3) is 0 Å². The Labute approximate surface area is 99.7 Å². The smallest absolute Gasteiger partial charge is 0.410 e. The number of hydrogen-bond donors (Lipinski definition) is 0. The Morgan fingerprint density at radius 3 is 2.71 bits per heavy atom. The molecule has 17 heavy (non-hydrogen) atoms. The van der Waals surface area contributed by atoms with Crippen molar-refractivity contribution in [1.29, 1.82) is 0 Å². The van der Waals surface area contributed by atoms with Gasteiger partial charge in [-0.2, -0.15) is 0 Å². The number of hydrogen-bond acceptors (Lipinski definition) is 5. The van der Waals surface area contributed by atoms with Crippen LogP contribution in [0, 0.1) is 0 Å². The molecule has 1 aromatic rings. The Balaban J connectivity index is 2.00. The predicted octanol–water partition coefficient (Wildman–Crippen LogP) is 0.423. The summed E-state index contributed by atoms with van der Waals surface area (Å²) in [4.78, 5) is 12.9. The Morgan fingerprint density at radius 2 is 2.12 bits per heavy atom. The van der Waals surface area contributed by atoms with Crippen molar-refractivity contribution in [1.82, 2.24) is 25.1 Å². The van der Waals surface area contributed by atoms with E-state index in [0.29, 0.717) is 26.2 Å². The van der Waals surface area contributed by atoms with Crippen LogP contribution in [0.25, 0.3) is 0 Å². The summed E-state index contributed by atoms with van der Waals surface area (Å²) in [6.07, 6.45) is -0.254. The molecular formula is C10H17N5O2. The summed E-state index contributed by atoms with van der Waals surface area (Å²) in [7, 11) is 0.